The fraction of sp³-hybridized carbons (Fsp3) is 0.250. The van der Waals surface area contributed by atoms with Crippen molar-refractivity contribution in [2.75, 3.05) is 11.1 Å². The quantitative estimate of drug-likeness (QED) is 0.810. The molecule has 0 radical (unpaired) electrons. The van der Waals surface area contributed by atoms with Gasteiger partial charge in [-0.05, 0) is 55.7 Å². The van der Waals surface area contributed by atoms with Crippen molar-refractivity contribution in [2.45, 2.75) is 26.8 Å². The number of nitrogens with one attached hydrogen (secondary N) is 1. The van der Waals surface area contributed by atoms with E-state index in [9.17, 15) is 4.39 Å². The van der Waals surface area contributed by atoms with Crippen LogP contribution in [-0.4, -0.2) is 0 Å². The molecule has 3 N–H and O–H groups in total. The maximum atomic E-state index is 13.6. The molecule has 1 unspecified atom stereocenters. The molecule has 0 aliphatic heterocycles. The Morgan fingerprint density at radius 1 is 1.11 bits per heavy atom. The Hall–Kier alpha value is -2.03. The summed E-state index contributed by atoms with van der Waals surface area (Å²) >= 11 is 0. The van der Waals surface area contributed by atoms with Crippen molar-refractivity contribution in [3.05, 3.63) is 58.9 Å². The fourth-order valence-corrected chi connectivity index (χ4v) is 2.01. The Balaban J connectivity index is 2.20. The highest BCUT2D eigenvalue weighted by Gasteiger charge is 2.09. The molecule has 0 amide bonds. The van der Waals surface area contributed by atoms with Crippen LogP contribution in [-0.2, 0) is 0 Å². The highest BCUT2D eigenvalue weighted by molar-refractivity contribution is 5.67. The average molecular weight is 258 g/mol. The lowest BCUT2D eigenvalue weighted by molar-refractivity contribution is 0.614. The van der Waals surface area contributed by atoms with Gasteiger partial charge in [0.25, 0.3) is 0 Å². The first kappa shape index (κ1) is 13.4. The molecule has 0 fully saturated rings. The minimum Gasteiger partial charge on any atom is -0.397 e. The summed E-state index contributed by atoms with van der Waals surface area (Å²) in [5.41, 5.74) is 10.2. The largest absolute Gasteiger partial charge is 0.397 e. The maximum absolute atomic E-state index is 13.6. The second-order valence-electron chi connectivity index (χ2n) is 4.97. The zero-order chi connectivity index (χ0) is 14.0. The summed E-state index contributed by atoms with van der Waals surface area (Å²) in [6.07, 6.45) is 0. The first-order valence-corrected chi connectivity index (χ1v) is 6.36. The van der Waals surface area contributed by atoms with Crippen molar-refractivity contribution in [3.63, 3.8) is 0 Å². The SMILES string of the molecule is Cc1ccc(NC(C)c2ccc(C)c(F)c2)c(N)c1. The molecule has 3 heteroatoms. The lowest BCUT2D eigenvalue weighted by Crippen LogP contribution is -2.09. The van der Waals surface area contributed by atoms with Gasteiger partial charge in [0.1, 0.15) is 5.82 Å². The van der Waals surface area contributed by atoms with Crippen LogP contribution in [0.4, 0.5) is 15.8 Å². The predicted octanol–water partition coefficient (Wildman–Crippen LogP) is 4.20. The van der Waals surface area contributed by atoms with Gasteiger partial charge >= 0.3 is 0 Å². The third-order valence-corrected chi connectivity index (χ3v) is 3.27. The van der Waals surface area contributed by atoms with E-state index in [1.54, 1.807) is 19.1 Å². The van der Waals surface area contributed by atoms with Crippen LogP contribution in [0.3, 0.4) is 0 Å². The van der Waals surface area contributed by atoms with E-state index in [1.807, 2.05) is 38.1 Å². The second kappa shape index (κ2) is 5.31. The lowest BCUT2D eigenvalue weighted by atomic mass is 10.1. The molecule has 0 spiro atoms. The Bertz CT molecular complexity index is 593. The number of halogens is 1. The Morgan fingerprint density at radius 2 is 1.84 bits per heavy atom. The van der Waals surface area contributed by atoms with Gasteiger partial charge in [-0.3, -0.25) is 0 Å². The Kier molecular flexibility index (Phi) is 3.74. The number of rotatable bonds is 3. The first-order chi connectivity index (χ1) is 8.97. The van der Waals surface area contributed by atoms with Gasteiger partial charge in [-0.15, -0.1) is 0 Å². The van der Waals surface area contributed by atoms with Gasteiger partial charge in [0.05, 0.1) is 11.4 Å². The summed E-state index contributed by atoms with van der Waals surface area (Å²) < 4.78 is 13.6. The molecule has 0 saturated carbocycles. The van der Waals surface area contributed by atoms with Crippen LogP contribution in [0.1, 0.15) is 29.7 Å². The van der Waals surface area contributed by atoms with Gasteiger partial charge in [-0.1, -0.05) is 18.2 Å². The van der Waals surface area contributed by atoms with E-state index in [0.29, 0.717) is 11.3 Å². The number of hydrogen-bond acceptors (Lipinski definition) is 2. The van der Waals surface area contributed by atoms with E-state index in [2.05, 4.69) is 5.32 Å². The minimum atomic E-state index is -0.178. The molecule has 2 aromatic carbocycles. The van der Waals surface area contributed by atoms with E-state index in [-0.39, 0.29) is 11.9 Å². The van der Waals surface area contributed by atoms with Gasteiger partial charge in [0.15, 0.2) is 0 Å². The molecule has 2 rings (SSSR count). The molecule has 0 bridgehead atoms. The minimum absolute atomic E-state index is 0.0000983. The summed E-state index contributed by atoms with van der Waals surface area (Å²) in [6.45, 7) is 5.75. The smallest absolute Gasteiger partial charge is 0.126 e. The van der Waals surface area contributed by atoms with Gasteiger partial charge in [0.2, 0.25) is 0 Å². The van der Waals surface area contributed by atoms with Gasteiger partial charge in [-0.2, -0.15) is 0 Å². The number of anilines is 2. The van der Waals surface area contributed by atoms with E-state index in [1.165, 1.54) is 0 Å². The number of nitrogens with two attached hydrogens (primary N) is 1. The second-order valence-corrected chi connectivity index (χ2v) is 4.97. The number of benzene rings is 2. The zero-order valence-electron chi connectivity index (χ0n) is 11.5. The molecule has 19 heavy (non-hydrogen) atoms. The fourth-order valence-electron chi connectivity index (χ4n) is 2.01. The van der Waals surface area contributed by atoms with Gasteiger partial charge in [0, 0.05) is 6.04 Å². The lowest BCUT2D eigenvalue weighted by Gasteiger charge is -2.18. The summed E-state index contributed by atoms with van der Waals surface area (Å²) in [7, 11) is 0. The molecule has 0 heterocycles. The first-order valence-electron chi connectivity index (χ1n) is 6.36. The molecule has 1 atom stereocenters. The van der Waals surface area contributed by atoms with Crippen molar-refractivity contribution < 1.29 is 4.39 Å². The van der Waals surface area contributed by atoms with E-state index in [0.717, 1.165) is 16.8 Å². The highest BCUT2D eigenvalue weighted by atomic mass is 19.1. The van der Waals surface area contributed by atoms with Crippen molar-refractivity contribution in [3.8, 4) is 0 Å². The van der Waals surface area contributed by atoms with E-state index < -0.39 is 0 Å². The van der Waals surface area contributed by atoms with E-state index >= 15 is 0 Å². The normalized spacial score (nSPS) is 12.2. The summed E-state index contributed by atoms with van der Waals surface area (Å²) in [5.74, 6) is -0.178. The van der Waals surface area contributed by atoms with Crippen molar-refractivity contribution in [1.82, 2.24) is 0 Å². The predicted molar refractivity (Wildman–Crippen MR) is 78.8 cm³/mol. The molecular weight excluding hydrogens is 239 g/mol. The van der Waals surface area contributed by atoms with Crippen molar-refractivity contribution >= 4 is 11.4 Å². The Labute approximate surface area is 113 Å². The molecule has 2 nitrogen and oxygen atoms in total. The van der Waals surface area contributed by atoms with E-state index in [4.69, 9.17) is 5.73 Å². The van der Waals surface area contributed by atoms with Crippen molar-refractivity contribution in [1.29, 1.82) is 0 Å². The summed E-state index contributed by atoms with van der Waals surface area (Å²) in [4.78, 5) is 0. The zero-order valence-corrected chi connectivity index (χ0v) is 11.5. The third-order valence-electron chi connectivity index (χ3n) is 3.27. The molecule has 0 aliphatic rings. The van der Waals surface area contributed by atoms with Crippen LogP contribution in [0.5, 0.6) is 0 Å². The maximum Gasteiger partial charge on any atom is 0.126 e. The van der Waals surface area contributed by atoms with Crippen LogP contribution in [0.25, 0.3) is 0 Å². The summed E-state index contributed by atoms with van der Waals surface area (Å²) in [6, 6.07) is 11.2. The molecular formula is C16H19FN2. The average Bonchev–Trinajstić information content (AvgIpc) is 2.36. The highest BCUT2D eigenvalue weighted by Crippen LogP contribution is 2.25. The monoisotopic (exact) mass is 258 g/mol. The topological polar surface area (TPSA) is 38.0 Å². The van der Waals surface area contributed by atoms with Crippen LogP contribution >= 0.6 is 0 Å². The van der Waals surface area contributed by atoms with Crippen LogP contribution < -0.4 is 11.1 Å². The van der Waals surface area contributed by atoms with Crippen molar-refractivity contribution in [2.24, 2.45) is 0 Å². The Morgan fingerprint density at radius 3 is 2.47 bits per heavy atom. The number of nitrogen functional groups attached to an aromatic ring is 1. The molecule has 0 aliphatic carbocycles. The van der Waals surface area contributed by atoms with Gasteiger partial charge in [-0.25, -0.2) is 4.39 Å². The molecule has 0 saturated heterocycles. The van der Waals surface area contributed by atoms with Crippen LogP contribution in [0.2, 0.25) is 0 Å². The van der Waals surface area contributed by atoms with Crippen LogP contribution in [0, 0.1) is 19.7 Å². The van der Waals surface area contributed by atoms with Crippen LogP contribution in [0.15, 0.2) is 36.4 Å². The number of aryl methyl sites for hydroxylation is 2. The standard InChI is InChI=1S/C16H19FN2/c1-10-4-7-16(15(18)8-10)19-12(3)13-6-5-11(2)14(17)9-13/h4-9,12,19H,18H2,1-3H3. The van der Waals surface area contributed by atoms with Gasteiger partial charge < -0.3 is 11.1 Å². The molecule has 100 valence electrons. The number of hydrogen-bond donors (Lipinski definition) is 2. The molecule has 0 aromatic heterocycles. The molecule has 2 aromatic rings. The third kappa shape index (κ3) is 3.05. The summed E-state index contributed by atoms with van der Waals surface area (Å²) in [5, 5.41) is 3.31.